The van der Waals surface area contributed by atoms with Gasteiger partial charge in [0.2, 0.25) is 0 Å². The number of para-hydroxylation sites is 1. The molecule has 2 N–H and O–H groups in total. The summed E-state index contributed by atoms with van der Waals surface area (Å²) in [6.45, 7) is 0.456. The minimum atomic E-state index is -0.193. The van der Waals surface area contributed by atoms with E-state index in [4.69, 9.17) is 11.6 Å². The van der Waals surface area contributed by atoms with E-state index in [1.165, 1.54) is 11.3 Å². The van der Waals surface area contributed by atoms with Crippen LogP contribution in [0.4, 0.5) is 0 Å². The zero-order valence-electron chi connectivity index (χ0n) is 9.81. The molecule has 0 saturated heterocycles. The Morgan fingerprint density at radius 1 is 1.32 bits per heavy atom. The molecule has 2 aromatic heterocycles. The van der Waals surface area contributed by atoms with E-state index in [2.05, 4.69) is 15.5 Å². The van der Waals surface area contributed by atoms with Gasteiger partial charge in [-0.25, -0.2) is 0 Å². The van der Waals surface area contributed by atoms with E-state index in [1.807, 2.05) is 36.4 Å². The topological polar surface area (TPSA) is 57.8 Å². The predicted octanol–water partition coefficient (Wildman–Crippen LogP) is 3.21. The van der Waals surface area contributed by atoms with E-state index in [-0.39, 0.29) is 5.91 Å². The van der Waals surface area contributed by atoms with Crippen LogP contribution < -0.4 is 5.32 Å². The molecular weight excluding hydrogens is 282 g/mol. The summed E-state index contributed by atoms with van der Waals surface area (Å²) < 4.78 is 0.717. The summed E-state index contributed by atoms with van der Waals surface area (Å²) in [6, 6.07) is 11.3. The van der Waals surface area contributed by atoms with Gasteiger partial charge in [-0.3, -0.25) is 9.89 Å². The number of benzene rings is 1. The number of H-pyrrole nitrogens is 1. The fraction of sp³-hybridized carbons (Fsp3) is 0.0769. The van der Waals surface area contributed by atoms with Crippen molar-refractivity contribution in [3.8, 4) is 0 Å². The number of fused-ring (bicyclic) bond motifs is 1. The van der Waals surface area contributed by atoms with Crippen LogP contribution in [-0.2, 0) is 6.54 Å². The first kappa shape index (κ1) is 12.2. The Morgan fingerprint density at radius 3 is 2.95 bits per heavy atom. The molecule has 3 aromatic rings. The van der Waals surface area contributed by atoms with Crippen molar-refractivity contribution < 1.29 is 4.79 Å². The van der Waals surface area contributed by atoms with Gasteiger partial charge >= 0.3 is 0 Å². The zero-order valence-corrected chi connectivity index (χ0v) is 11.4. The van der Waals surface area contributed by atoms with E-state index in [1.54, 1.807) is 0 Å². The highest BCUT2D eigenvalue weighted by molar-refractivity contribution is 7.16. The molecule has 0 fully saturated rings. The largest absolute Gasteiger partial charge is 0.346 e. The van der Waals surface area contributed by atoms with Crippen LogP contribution in [-0.4, -0.2) is 16.1 Å². The van der Waals surface area contributed by atoms with Crippen LogP contribution in [0.2, 0.25) is 4.34 Å². The molecule has 0 unspecified atom stereocenters. The predicted molar refractivity (Wildman–Crippen MR) is 76.6 cm³/mol. The van der Waals surface area contributed by atoms with Gasteiger partial charge in [-0.05, 0) is 18.2 Å². The number of nitrogens with one attached hydrogen (secondary N) is 2. The van der Waals surface area contributed by atoms with Crippen LogP contribution in [0.25, 0.3) is 10.9 Å². The molecule has 0 radical (unpaired) electrons. The molecule has 0 saturated carbocycles. The number of nitrogens with zero attached hydrogens (tertiary/aromatic N) is 1. The van der Waals surface area contributed by atoms with Crippen molar-refractivity contribution >= 4 is 39.7 Å². The first-order valence-electron chi connectivity index (χ1n) is 5.69. The van der Waals surface area contributed by atoms with E-state index in [9.17, 15) is 4.79 Å². The summed E-state index contributed by atoms with van der Waals surface area (Å²) >= 11 is 7.29. The average Bonchev–Trinajstić information content (AvgIpc) is 3.02. The second-order valence-electron chi connectivity index (χ2n) is 4.01. The van der Waals surface area contributed by atoms with Crippen molar-refractivity contribution in [2.24, 2.45) is 0 Å². The van der Waals surface area contributed by atoms with Gasteiger partial charge in [0.15, 0.2) is 5.69 Å². The standard InChI is InChI=1S/C13H10ClN3OS/c14-11-6-5-8(19-11)7-15-13(18)12-9-3-1-2-4-10(9)16-17-12/h1-6H,7H2,(H,15,18)(H,16,17). The maximum absolute atomic E-state index is 12.1. The van der Waals surface area contributed by atoms with Gasteiger partial charge < -0.3 is 5.32 Å². The molecule has 4 nitrogen and oxygen atoms in total. The summed E-state index contributed by atoms with van der Waals surface area (Å²) in [5.41, 5.74) is 1.27. The van der Waals surface area contributed by atoms with E-state index >= 15 is 0 Å². The number of aromatic nitrogens is 2. The third-order valence-corrected chi connectivity index (χ3v) is 3.97. The van der Waals surface area contributed by atoms with Gasteiger partial charge in [0, 0.05) is 10.3 Å². The second kappa shape index (κ2) is 5.03. The number of rotatable bonds is 3. The number of thiophene rings is 1. The van der Waals surface area contributed by atoms with Gasteiger partial charge in [0.25, 0.3) is 5.91 Å². The van der Waals surface area contributed by atoms with Crippen molar-refractivity contribution in [2.75, 3.05) is 0 Å². The van der Waals surface area contributed by atoms with Crippen molar-refractivity contribution in [3.63, 3.8) is 0 Å². The molecule has 2 heterocycles. The highest BCUT2D eigenvalue weighted by atomic mass is 35.5. The molecule has 0 bridgehead atoms. The molecule has 0 aliphatic heterocycles. The Labute approximate surface area is 118 Å². The second-order valence-corrected chi connectivity index (χ2v) is 5.81. The minimum Gasteiger partial charge on any atom is -0.346 e. The maximum atomic E-state index is 12.1. The van der Waals surface area contributed by atoms with Crippen molar-refractivity contribution in [3.05, 3.63) is 51.3 Å². The van der Waals surface area contributed by atoms with Gasteiger partial charge in [-0.1, -0.05) is 29.8 Å². The molecule has 96 valence electrons. The van der Waals surface area contributed by atoms with Crippen LogP contribution in [0, 0.1) is 0 Å². The van der Waals surface area contributed by atoms with Crippen LogP contribution >= 0.6 is 22.9 Å². The van der Waals surface area contributed by atoms with Gasteiger partial charge in [-0.2, -0.15) is 5.10 Å². The van der Waals surface area contributed by atoms with Crippen molar-refractivity contribution in [1.82, 2.24) is 15.5 Å². The average molecular weight is 292 g/mol. The molecule has 3 rings (SSSR count). The van der Waals surface area contributed by atoms with Crippen LogP contribution in [0.3, 0.4) is 0 Å². The first-order valence-corrected chi connectivity index (χ1v) is 6.89. The smallest absolute Gasteiger partial charge is 0.272 e. The Hall–Kier alpha value is -1.85. The molecule has 0 aliphatic carbocycles. The Balaban J connectivity index is 1.77. The van der Waals surface area contributed by atoms with Gasteiger partial charge in [0.05, 0.1) is 16.4 Å². The van der Waals surface area contributed by atoms with Crippen LogP contribution in [0.15, 0.2) is 36.4 Å². The van der Waals surface area contributed by atoms with E-state index in [0.29, 0.717) is 12.2 Å². The molecule has 1 amide bonds. The van der Waals surface area contributed by atoms with E-state index in [0.717, 1.165) is 20.1 Å². The highest BCUT2D eigenvalue weighted by Gasteiger charge is 2.13. The zero-order chi connectivity index (χ0) is 13.2. The molecule has 0 aliphatic rings. The highest BCUT2D eigenvalue weighted by Crippen LogP contribution is 2.21. The number of carbonyl (C=O) groups is 1. The Morgan fingerprint density at radius 2 is 2.16 bits per heavy atom. The lowest BCUT2D eigenvalue weighted by Crippen LogP contribution is -2.22. The summed E-state index contributed by atoms with van der Waals surface area (Å²) in [5, 5.41) is 10.6. The fourth-order valence-corrected chi connectivity index (χ4v) is 2.86. The van der Waals surface area contributed by atoms with E-state index < -0.39 is 0 Å². The molecular formula is C13H10ClN3OS. The van der Waals surface area contributed by atoms with Gasteiger partial charge in [-0.15, -0.1) is 11.3 Å². The third kappa shape index (κ3) is 2.47. The lowest BCUT2D eigenvalue weighted by Gasteiger charge is -2.01. The summed E-state index contributed by atoms with van der Waals surface area (Å²) in [5.74, 6) is -0.193. The molecule has 1 aromatic carbocycles. The number of aromatic amines is 1. The number of carbonyl (C=O) groups excluding carboxylic acids is 1. The SMILES string of the molecule is O=C(NCc1ccc(Cl)s1)c1n[nH]c2ccccc12. The summed E-state index contributed by atoms with van der Waals surface area (Å²) in [6.07, 6.45) is 0. The summed E-state index contributed by atoms with van der Waals surface area (Å²) in [7, 11) is 0. The number of hydrogen-bond donors (Lipinski definition) is 2. The number of hydrogen-bond acceptors (Lipinski definition) is 3. The number of halogens is 1. The van der Waals surface area contributed by atoms with Crippen LogP contribution in [0.5, 0.6) is 0 Å². The van der Waals surface area contributed by atoms with Crippen molar-refractivity contribution in [1.29, 1.82) is 0 Å². The van der Waals surface area contributed by atoms with Gasteiger partial charge in [0.1, 0.15) is 0 Å². The lowest BCUT2D eigenvalue weighted by molar-refractivity contribution is 0.0948. The Bertz CT molecular complexity index is 734. The lowest BCUT2D eigenvalue weighted by atomic mass is 10.2. The minimum absolute atomic E-state index is 0.193. The molecule has 19 heavy (non-hydrogen) atoms. The quantitative estimate of drug-likeness (QED) is 0.778. The normalized spacial score (nSPS) is 10.8. The molecule has 6 heteroatoms. The Kier molecular flexibility index (Phi) is 3.23. The monoisotopic (exact) mass is 291 g/mol. The molecule has 0 spiro atoms. The summed E-state index contributed by atoms with van der Waals surface area (Å²) in [4.78, 5) is 13.1. The van der Waals surface area contributed by atoms with Crippen molar-refractivity contribution in [2.45, 2.75) is 6.54 Å². The van der Waals surface area contributed by atoms with Crippen LogP contribution in [0.1, 0.15) is 15.4 Å². The third-order valence-electron chi connectivity index (χ3n) is 2.74. The first-order chi connectivity index (χ1) is 9.24. The number of amides is 1. The fourth-order valence-electron chi connectivity index (χ4n) is 1.83. The molecule has 0 atom stereocenters. The maximum Gasteiger partial charge on any atom is 0.272 e.